The Morgan fingerprint density at radius 2 is 1.53 bits per heavy atom. The molecule has 0 radical (unpaired) electrons. The predicted molar refractivity (Wildman–Crippen MR) is 147 cm³/mol. The van der Waals surface area contributed by atoms with Crippen molar-refractivity contribution in [3.05, 3.63) is 115 Å². The average Bonchev–Trinajstić information content (AvgIpc) is 3.27. The molecule has 0 aliphatic carbocycles. The van der Waals surface area contributed by atoms with Gasteiger partial charge in [-0.3, -0.25) is 4.57 Å². The van der Waals surface area contributed by atoms with Crippen molar-refractivity contribution in [2.24, 2.45) is 0 Å². The van der Waals surface area contributed by atoms with Crippen molar-refractivity contribution in [3.63, 3.8) is 0 Å². The van der Waals surface area contributed by atoms with Crippen LogP contribution in [0, 0.1) is 0 Å². The summed E-state index contributed by atoms with van der Waals surface area (Å²) in [5, 5.41) is 2.43. The van der Waals surface area contributed by atoms with Gasteiger partial charge in [0.25, 0.3) is 0 Å². The predicted octanol–water partition coefficient (Wildman–Crippen LogP) is 8.16. The number of aromatic nitrogens is 3. The Labute approximate surface area is 210 Å². The maximum absolute atomic E-state index is 6.26. The number of ether oxygens (including phenoxy) is 1. The van der Waals surface area contributed by atoms with Gasteiger partial charge in [-0.15, -0.1) is 0 Å². The topological polar surface area (TPSA) is 39.9 Å². The molecule has 6 aromatic rings. The lowest BCUT2D eigenvalue weighted by Gasteiger charge is -2.12. The molecule has 0 aliphatic rings. The van der Waals surface area contributed by atoms with Gasteiger partial charge in [-0.05, 0) is 72.0 Å². The molecule has 0 spiro atoms. The van der Waals surface area contributed by atoms with Crippen LogP contribution in [-0.4, -0.2) is 14.5 Å². The van der Waals surface area contributed by atoms with Crippen molar-refractivity contribution in [3.8, 4) is 28.6 Å². The van der Waals surface area contributed by atoms with E-state index in [1.165, 1.54) is 16.3 Å². The molecule has 3 aromatic heterocycles. The fraction of sp³-hybridized carbons (Fsp3) is 0.125. The van der Waals surface area contributed by atoms with E-state index < -0.39 is 0 Å². The van der Waals surface area contributed by atoms with E-state index in [4.69, 9.17) is 4.74 Å². The summed E-state index contributed by atoms with van der Waals surface area (Å²) in [6.07, 6.45) is 5.59. The van der Waals surface area contributed by atoms with Crippen LogP contribution in [0.1, 0.15) is 25.0 Å². The number of nitrogens with zero attached hydrogens (tertiary/aromatic N) is 3. The summed E-state index contributed by atoms with van der Waals surface area (Å²) in [4.78, 5) is 9.25. The third-order valence-corrected chi connectivity index (χ3v) is 6.71. The molecule has 0 N–H and O–H groups in total. The third kappa shape index (κ3) is 3.91. The summed E-state index contributed by atoms with van der Waals surface area (Å²) in [5.41, 5.74) is 6.84. The molecular formula is C32H27N3O. The van der Waals surface area contributed by atoms with Crippen LogP contribution < -0.4 is 4.74 Å². The van der Waals surface area contributed by atoms with Crippen LogP contribution in [0.3, 0.4) is 0 Å². The summed E-state index contributed by atoms with van der Waals surface area (Å²) in [6.45, 7) is 4.28. The Bertz CT molecular complexity index is 1690. The molecule has 4 nitrogen and oxygen atoms in total. The van der Waals surface area contributed by atoms with E-state index in [0.29, 0.717) is 5.88 Å². The van der Waals surface area contributed by atoms with Crippen molar-refractivity contribution in [2.45, 2.75) is 26.7 Å². The Balaban J connectivity index is 1.44. The summed E-state index contributed by atoms with van der Waals surface area (Å²) < 4.78 is 8.50. The van der Waals surface area contributed by atoms with Gasteiger partial charge in [0.15, 0.2) is 0 Å². The molecule has 3 heterocycles. The van der Waals surface area contributed by atoms with Crippen LogP contribution in [0.25, 0.3) is 38.8 Å². The summed E-state index contributed by atoms with van der Waals surface area (Å²) in [7, 11) is 0. The molecule has 6 rings (SSSR count). The van der Waals surface area contributed by atoms with Gasteiger partial charge in [-0.25, -0.2) is 9.97 Å². The van der Waals surface area contributed by atoms with Crippen molar-refractivity contribution in [1.29, 1.82) is 0 Å². The molecule has 0 saturated carbocycles. The first kappa shape index (κ1) is 22.1. The second-order valence-electron chi connectivity index (χ2n) is 8.92. The molecule has 0 fully saturated rings. The van der Waals surface area contributed by atoms with E-state index in [1.807, 2.05) is 36.7 Å². The normalized spacial score (nSPS) is 11.3. The number of pyridine rings is 2. The van der Waals surface area contributed by atoms with Crippen LogP contribution in [0.4, 0.5) is 0 Å². The lowest BCUT2D eigenvalue weighted by Crippen LogP contribution is -1.97. The molecular weight excluding hydrogens is 442 g/mol. The Morgan fingerprint density at radius 1 is 0.694 bits per heavy atom. The Hall–Kier alpha value is -4.44. The molecule has 0 saturated heterocycles. The maximum Gasteiger partial charge on any atom is 0.222 e. The number of fused-ring (bicyclic) bond motifs is 3. The number of benzene rings is 3. The van der Waals surface area contributed by atoms with Crippen molar-refractivity contribution < 1.29 is 4.74 Å². The highest BCUT2D eigenvalue weighted by Gasteiger charge is 2.14. The van der Waals surface area contributed by atoms with Crippen LogP contribution >= 0.6 is 0 Å². The van der Waals surface area contributed by atoms with Gasteiger partial charge in [0.2, 0.25) is 5.88 Å². The maximum atomic E-state index is 6.26. The number of hydrogen-bond donors (Lipinski definition) is 0. The first-order valence-electron chi connectivity index (χ1n) is 12.5. The molecule has 0 aliphatic heterocycles. The molecule has 3 aromatic carbocycles. The van der Waals surface area contributed by atoms with E-state index in [9.17, 15) is 0 Å². The van der Waals surface area contributed by atoms with Gasteiger partial charge in [0.1, 0.15) is 11.6 Å². The van der Waals surface area contributed by atoms with Gasteiger partial charge in [-0.1, -0.05) is 62.4 Å². The van der Waals surface area contributed by atoms with Gasteiger partial charge >= 0.3 is 0 Å². The highest BCUT2D eigenvalue weighted by Crippen LogP contribution is 2.35. The standard InChI is InChI=1S/C32H27N3O/c1-3-22-18-23(4-2)32(34-21-22)36-26-11-9-10-24(19-26)25-15-16-28-27-12-5-6-13-29(27)35(30(28)20-25)31-14-7-8-17-33-31/h5-21H,3-4H2,1-2H3. The van der Waals surface area contributed by atoms with Crippen LogP contribution in [0.15, 0.2) is 103 Å². The van der Waals surface area contributed by atoms with E-state index in [1.54, 1.807) is 0 Å². The van der Waals surface area contributed by atoms with Crippen molar-refractivity contribution >= 4 is 21.8 Å². The quantitative estimate of drug-likeness (QED) is 0.247. The highest BCUT2D eigenvalue weighted by molar-refractivity contribution is 6.10. The molecule has 176 valence electrons. The van der Waals surface area contributed by atoms with Crippen molar-refractivity contribution in [2.75, 3.05) is 0 Å². The molecule has 0 amide bonds. The monoisotopic (exact) mass is 469 g/mol. The number of aryl methyl sites for hydroxylation is 2. The SMILES string of the molecule is CCc1cnc(Oc2cccc(-c3ccc4c5ccccc5n(-c5ccccn5)c4c3)c2)c(CC)c1. The minimum atomic E-state index is 0.678. The largest absolute Gasteiger partial charge is 0.439 e. The number of para-hydroxylation sites is 1. The molecule has 0 atom stereocenters. The second kappa shape index (κ2) is 9.31. The zero-order valence-corrected chi connectivity index (χ0v) is 20.5. The smallest absolute Gasteiger partial charge is 0.222 e. The van der Waals surface area contributed by atoms with E-state index >= 15 is 0 Å². The van der Waals surface area contributed by atoms with E-state index in [2.05, 4.69) is 95.1 Å². The summed E-state index contributed by atoms with van der Waals surface area (Å²) >= 11 is 0. The second-order valence-corrected chi connectivity index (χ2v) is 8.92. The van der Waals surface area contributed by atoms with Crippen molar-refractivity contribution in [1.82, 2.24) is 14.5 Å². The van der Waals surface area contributed by atoms with E-state index in [-0.39, 0.29) is 0 Å². The zero-order valence-electron chi connectivity index (χ0n) is 20.5. The fourth-order valence-corrected chi connectivity index (χ4v) is 4.82. The van der Waals surface area contributed by atoms with Gasteiger partial charge < -0.3 is 4.74 Å². The lowest BCUT2D eigenvalue weighted by molar-refractivity contribution is 0.456. The zero-order chi connectivity index (χ0) is 24.5. The van der Waals surface area contributed by atoms with Gasteiger partial charge in [-0.2, -0.15) is 0 Å². The third-order valence-electron chi connectivity index (χ3n) is 6.71. The summed E-state index contributed by atoms with van der Waals surface area (Å²) in [6, 6.07) is 31.6. The number of rotatable bonds is 6. The molecule has 36 heavy (non-hydrogen) atoms. The fourth-order valence-electron chi connectivity index (χ4n) is 4.82. The Morgan fingerprint density at radius 3 is 2.36 bits per heavy atom. The molecule has 0 bridgehead atoms. The minimum Gasteiger partial charge on any atom is -0.439 e. The lowest BCUT2D eigenvalue weighted by atomic mass is 10.0. The minimum absolute atomic E-state index is 0.678. The first-order chi connectivity index (χ1) is 17.7. The van der Waals surface area contributed by atoms with Gasteiger partial charge in [0.05, 0.1) is 11.0 Å². The molecule has 0 unspecified atom stereocenters. The number of hydrogen-bond acceptors (Lipinski definition) is 3. The van der Waals surface area contributed by atoms with Crippen LogP contribution in [-0.2, 0) is 12.8 Å². The first-order valence-corrected chi connectivity index (χ1v) is 12.5. The van der Waals surface area contributed by atoms with Gasteiger partial charge in [0, 0.05) is 28.7 Å². The van der Waals surface area contributed by atoms with E-state index in [0.717, 1.165) is 52.1 Å². The van der Waals surface area contributed by atoms with Crippen LogP contribution in [0.5, 0.6) is 11.6 Å². The Kier molecular flexibility index (Phi) is 5.70. The molecule has 4 heteroatoms. The highest BCUT2D eigenvalue weighted by atomic mass is 16.5. The summed E-state index contributed by atoms with van der Waals surface area (Å²) in [5.74, 6) is 2.37. The van der Waals surface area contributed by atoms with Crippen LogP contribution in [0.2, 0.25) is 0 Å². The average molecular weight is 470 g/mol.